The van der Waals surface area contributed by atoms with Crippen LogP contribution in [0.25, 0.3) is 10.9 Å². The number of alkyl halides is 3. The number of fused-ring (bicyclic) bond motifs is 1. The molecular weight excluding hydrogens is 339 g/mol. The largest absolute Gasteiger partial charge is 0.416 e. The molecule has 0 spiro atoms. The molecule has 2 aromatic rings. The molecule has 6 nitrogen and oxygen atoms in total. The van der Waals surface area contributed by atoms with E-state index in [1.165, 1.54) is 6.07 Å². The SMILES string of the molecule is C[C@@H]1CCC(c2c(C(F)(F)F)ccc3ncc([N+](=O)[O-])c(N)c23)CO1. The highest BCUT2D eigenvalue weighted by atomic mass is 19.4. The summed E-state index contributed by atoms with van der Waals surface area (Å²) < 4.78 is 46.2. The third-order valence-corrected chi connectivity index (χ3v) is 4.51. The minimum atomic E-state index is -4.61. The molecule has 0 amide bonds. The second-order valence-electron chi connectivity index (χ2n) is 6.15. The summed E-state index contributed by atoms with van der Waals surface area (Å²) >= 11 is 0. The van der Waals surface area contributed by atoms with E-state index in [-0.39, 0.29) is 34.9 Å². The molecule has 25 heavy (non-hydrogen) atoms. The Hall–Kier alpha value is -2.42. The molecule has 0 radical (unpaired) electrons. The molecule has 1 aromatic carbocycles. The van der Waals surface area contributed by atoms with Crippen molar-refractivity contribution >= 4 is 22.3 Å². The van der Waals surface area contributed by atoms with Gasteiger partial charge in [0.05, 0.1) is 28.7 Å². The number of pyridine rings is 1. The third kappa shape index (κ3) is 3.11. The van der Waals surface area contributed by atoms with Crippen LogP contribution in [0.5, 0.6) is 0 Å². The predicted octanol–water partition coefficient (Wildman–Crippen LogP) is 4.03. The minimum Gasteiger partial charge on any atom is -0.393 e. The van der Waals surface area contributed by atoms with Gasteiger partial charge in [0.15, 0.2) is 0 Å². The summed E-state index contributed by atoms with van der Waals surface area (Å²) in [5.41, 5.74) is 4.36. The van der Waals surface area contributed by atoms with E-state index in [0.717, 1.165) is 12.3 Å². The van der Waals surface area contributed by atoms with E-state index in [2.05, 4.69) is 4.98 Å². The zero-order valence-corrected chi connectivity index (χ0v) is 13.3. The van der Waals surface area contributed by atoms with Crippen molar-refractivity contribution in [1.82, 2.24) is 4.98 Å². The topological polar surface area (TPSA) is 91.3 Å². The van der Waals surface area contributed by atoms with Crippen molar-refractivity contribution < 1.29 is 22.8 Å². The van der Waals surface area contributed by atoms with E-state index in [9.17, 15) is 23.3 Å². The molecule has 9 heteroatoms. The average molecular weight is 355 g/mol. The molecule has 2 atom stereocenters. The number of nitrogen functional groups attached to an aromatic ring is 1. The molecule has 1 aliphatic heterocycles. The van der Waals surface area contributed by atoms with Gasteiger partial charge in [0.25, 0.3) is 0 Å². The van der Waals surface area contributed by atoms with Crippen LogP contribution in [0.1, 0.15) is 36.8 Å². The zero-order valence-electron chi connectivity index (χ0n) is 13.3. The second kappa shape index (κ2) is 6.14. The Balaban J connectivity index is 2.31. The first-order valence-electron chi connectivity index (χ1n) is 7.74. The van der Waals surface area contributed by atoms with E-state index in [4.69, 9.17) is 10.5 Å². The van der Waals surface area contributed by atoms with Crippen LogP contribution in [0.15, 0.2) is 18.3 Å². The molecule has 3 rings (SSSR count). The molecule has 1 aromatic heterocycles. The fourth-order valence-corrected chi connectivity index (χ4v) is 3.25. The lowest BCUT2D eigenvalue weighted by Gasteiger charge is -2.30. The maximum Gasteiger partial charge on any atom is 0.416 e. The molecule has 1 unspecified atom stereocenters. The lowest BCUT2D eigenvalue weighted by Crippen LogP contribution is -2.25. The first kappa shape index (κ1) is 17.4. The normalized spacial score (nSPS) is 21.4. The maximum absolute atomic E-state index is 13.6. The Morgan fingerprint density at radius 3 is 2.64 bits per heavy atom. The van der Waals surface area contributed by atoms with E-state index in [0.29, 0.717) is 12.8 Å². The molecule has 1 fully saturated rings. The lowest BCUT2D eigenvalue weighted by atomic mass is 9.85. The summed E-state index contributed by atoms with van der Waals surface area (Å²) in [4.78, 5) is 14.3. The maximum atomic E-state index is 13.6. The molecule has 134 valence electrons. The minimum absolute atomic E-state index is 0.00724. The quantitative estimate of drug-likeness (QED) is 0.649. The van der Waals surface area contributed by atoms with Crippen LogP contribution < -0.4 is 5.73 Å². The van der Waals surface area contributed by atoms with Gasteiger partial charge in [-0.1, -0.05) is 0 Å². The number of rotatable bonds is 2. The van der Waals surface area contributed by atoms with Crippen molar-refractivity contribution in [2.75, 3.05) is 12.3 Å². The summed E-state index contributed by atoms with van der Waals surface area (Å²) in [5.74, 6) is -0.553. The smallest absolute Gasteiger partial charge is 0.393 e. The summed E-state index contributed by atoms with van der Waals surface area (Å²) in [5, 5.41) is 11.1. The van der Waals surface area contributed by atoms with Crippen molar-refractivity contribution in [3.8, 4) is 0 Å². The highest BCUT2D eigenvalue weighted by molar-refractivity contribution is 5.98. The van der Waals surface area contributed by atoms with Crippen molar-refractivity contribution in [2.24, 2.45) is 0 Å². The fraction of sp³-hybridized carbons (Fsp3) is 0.438. The monoisotopic (exact) mass is 355 g/mol. The standard InChI is InChI=1S/C16H16F3N3O3/c1-8-2-3-9(7-25-8)13-10(16(17,18)19)4-5-11-14(13)15(20)12(6-21-11)22(23)24/h4-6,8-9H,2-3,7H2,1H3,(H2,20,21)/t8-,9?/m1/s1. The van der Waals surface area contributed by atoms with Crippen molar-refractivity contribution in [1.29, 1.82) is 0 Å². The molecular formula is C16H16F3N3O3. The predicted molar refractivity (Wildman–Crippen MR) is 85.2 cm³/mol. The Labute approximate surface area is 140 Å². The number of hydrogen-bond donors (Lipinski definition) is 1. The number of nitrogens with zero attached hydrogens (tertiary/aromatic N) is 2. The molecule has 1 saturated heterocycles. The summed E-state index contributed by atoms with van der Waals surface area (Å²) in [6.07, 6.45) is -2.60. The van der Waals surface area contributed by atoms with Gasteiger partial charge in [0.2, 0.25) is 0 Å². The van der Waals surface area contributed by atoms with Crippen LogP contribution in [-0.4, -0.2) is 22.6 Å². The Bertz CT molecular complexity index is 831. The van der Waals surface area contributed by atoms with Crippen LogP contribution in [0.2, 0.25) is 0 Å². The molecule has 0 bridgehead atoms. The van der Waals surface area contributed by atoms with Gasteiger partial charge in [0, 0.05) is 11.3 Å². The number of ether oxygens (including phenoxy) is 1. The Morgan fingerprint density at radius 1 is 1.36 bits per heavy atom. The van der Waals surface area contributed by atoms with Gasteiger partial charge in [-0.3, -0.25) is 10.1 Å². The fourth-order valence-electron chi connectivity index (χ4n) is 3.25. The van der Waals surface area contributed by atoms with Crippen molar-refractivity contribution in [3.63, 3.8) is 0 Å². The Kier molecular flexibility index (Phi) is 4.28. The van der Waals surface area contributed by atoms with Gasteiger partial charge in [-0.15, -0.1) is 0 Å². The van der Waals surface area contributed by atoms with Crippen LogP contribution >= 0.6 is 0 Å². The zero-order chi connectivity index (χ0) is 18.4. The molecule has 0 saturated carbocycles. The Morgan fingerprint density at radius 2 is 2.08 bits per heavy atom. The molecule has 2 N–H and O–H groups in total. The number of nitrogens with two attached hydrogens (primary N) is 1. The summed E-state index contributed by atoms with van der Waals surface area (Å²) in [6.45, 7) is 1.95. The molecule has 0 aliphatic carbocycles. The number of hydrogen-bond acceptors (Lipinski definition) is 5. The molecule has 2 heterocycles. The average Bonchev–Trinajstić information content (AvgIpc) is 2.53. The van der Waals surface area contributed by atoms with Gasteiger partial charge >= 0.3 is 11.9 Å². The van der Waals surface area contributed by atoms with E-state index < -0.39 is 28.3 Å². The van der Waals surface area contributed by atoms with Crippen LogP contribution in [0.4, 0.5) is 24.5 Å². The van der Waals surface area contributed by atoms with E-state index in [1.54, 1.807) is 0 Å². The molecule has 1 aliphatic rings. The second-order valence-corrected chi connectivity index (χ2v) is 6.15. The van der Waals surface area contributed by atoms with Crippen LogP contribution in [0, 0.1) is 10.1 Å². The lowest BCUT2D eigenvalue weighted by molar-refractivity contribution is -0.384. The highest BCUT2D eigenvalue weighted by Crippen LogP contribution is 2.44. The van der Waals surface area contributed by atoms with Crippen molar-refractivity contribution in [3.05, 3.63) is 39.6 Å². The van der Waals surface area contributed by atoms with Gasteiger partial charge in [-0.05, 0) is 37.5 Å². The summed E-state index contributed by atoms with van der Waals surface area (Å²) in [6, 6.07) is 2.14. The third-order valence-electron chi connectivity index (χ3n) is 4.51. The van der Waals surface area contributed by atoms with Crippen LogP contribution in [-0.2, 0) is 10.9 Å². The first-order valence-corrected chi connectivity index (χ1v) is 7.74. The summed E-state index contributed by atoms with van der Waals surface area (Å²) in [7, 11) is 0. The van der Waals surface area contributed by atoms with Gasteiger partial charge in [-0.2, -0.15) is 13.2 Å². The van der Waals surface area contributed by atoms with Gasteiger partial charge in [0.1, 0.15) is 11.9 Å². The number of aromatic nitrogens is 1. The number of nitro groups is 1. The number of anilines is 1. The van der Waals surface area contributed by atoms with Gasteiger partial charge in [-0.25, -0.2) is 4.98 Å². The van der Waals surface area contributed by atoms with E-state index >= 15 is 0 Å². The van der Waals surface area contributed by atoms with Crippen LogP contribution in [0.3, 0.4) is 0 Å². The number of benzene rings is 1. The highest BCUT2D eigenvalue weighted by Gasteiger charge is 2.38. The van der Waals surface area contributed by atoms with Crippen molar-refractivity contribution in [2.45, 2.75) is 38.0 Å². The number of halogens is 3. The van der Waals surface area contributed by atoms with E-state index in [1.807, 2.05) is 6.92 Å². The van der Waals surface area contributed by atoms with Gasteiger partial charge < -0.3 is 10.5 Å². The first-order chi connectivity index (χ1) is 11.7.